The number of nitrogens with one attached hydrogen (secondary N) is 1. The van der Waals surface area contributed by atoms with E-state index < -0.39 is 0 Å². The van der Waals surface area contributed by atoms with Crippen molar-refractivity contribution in [2.75, 3.05) is 16.8 Å². The van der Waals surface area contributed by atoms with E-state index in [2.05, 4.69) is 11.4 Å². The van der Waals surface area contributed by atoms with Crippen LogP contribution in [0.2, 0.25) is 0 Å². The molecule has 1 saturated heterocycles. The Hall–Kier alpha value is -2.62. The standard InChI is InChI=1S/C19H20N2O2/c1-13-8-9-17(14(2)10-13)21-12-15(11-18(21)22)19(23)20-16-6-4-3-5-7-16/h3-10,15H,11-12H2,1-2H3,(H,20,23)/t15-/m0/s1. The summed E-state index contributed by atoms with van der Waals surface area (Å²) in [4.78, 5) is 26.4. The third-order valence-electron chi connectivity index (χ3n) is 4.18. The maximum Gasteiger partial charge on any atom is 0.229 e. The summed E-state index contributed by atoms with van der Waals surface area (Å²) in [5.41, 5.74) is 3.88. The van der Waals surface area contributed by atoms with Crippen molar-refractivity contribution >= 4 is 23.2 Å². The summed E-state index contributed by atoms with van der Waals surface area (Å²) in [6, 6.07) is 15.3. The fraction of sp³-hybridized carbons (Fsp3) is 0.263. The second kappa shape index (κ2) is 6.24. The Morgan fingerprint density at radius 2 is 1.87 bits per heavy atom. The van der Waals surface area contributed by atoms with Gasteiger partial charge in [-0.2, -0.15) is 0 Å². The van der Waals surface area contributed by atoms with E-state index in [4.69, 9.17) is 0 Å². The first-order valence-corrected chi connectivity index (χ1v) is 7.78. The maximum absolute atomic E-state index is 12.4. The fourth-order valence-electron chi connectivity index (χ4n) is 2.99. The molecule has 3 rings (SSSR count). The number of para-hydroxylation sites is 1. The van der Waals surface area contributed by atoms with Gasteiger partial charge in [-0.1, -0.05) is 35.9 Å². The molecular formula is C19H20N2O2. The minimum atomic E-state index is -0.316. The average Bonchev–Trinajstić information content (AvgIpc) is 2.90. The molecule has 0 aromatic heterocycles. The number of nitrogens with zero attached hydrogens (tertiary/aromatic N) is 1. The number of hydrogen-bond donors (Lipinski definition) is 1. The van der Waals surface area contributed by atoms with Crippen molar-refractivity contribution in [2.24, 2.45) is 5.92 Å². The molecule has 0 saturated carbocycles. The lowest BCUT2D eigenvalue weighted by molar-refractivity contribution is -0.122. The number of amides is 2. The number of carbonyl (C=O) groups excluding carboxylic acids is 2. The number of hydrogen-bond acceptors (Lipinski definition) is 2. The second-order valence-electron chi connectivity index (χ2n) is 6.05. The minimum absolute atomic E-state index is 0.00478. The molecule has 2 amide bonds. The van der Waals surface area contributed by atoms with Crippen LogP contribution in [0.25, 0.3) is 0 Å². The average molecular weight is 308 g/mol. The van der Waals surface area contributed by atoms with Gasteiger partial charge in [0.05, 0.1) is 5.92 Å². The van der Waals surface area contributed by atoms with Crippen LogP contribution in [-0.4, -0.2) is 18.4 Å². The number of carbonyl (C=O) groups is 2. The molecule has 0 bridgehead atoms. The molecule has 1 aliphatic rings. The van der Waals surface area contributed by atoms with Gasteiger partial charge in [0.15, 0.2) is 0 Å². The minimum Gasteiger partial charge on any atom is -0.326 e. The zero-order chi connectivity index (χ0) is 16.4. The van der Waals surface area contributed by atoms with Crippen molar-refractivity contribution in [1.29, 1.82) is 0 Å². The van der Waals surface area contributed by atoms with E-state index in [9.17, 15) is 9.59 Å². The zero-order valence-electron chi connectivity index (χ0n) is 13.4. The Kier molecular flexibility index (Phi) is 4.15. The van der Waals surface area contributed by atoms with Gasteiger partial charge < -0.3 is 10.2 Å². The molecule has 1 aliphatic heterocycles. The molecule has 0 aliphatic carbocycles. The number of aryl methyl sites for hydroxylation is 2. The molecule has 23 heavy (non-hydrogen) atoms. The van der Waals surface area contributed by atoms with Crippen molar-refractivity contribution in [1.82, 2.24) is 0 Å². The highest BCUT2D eigenvalue weighted by atomic mass is 16.2. The van der Waals surface area contributed by atoms with Gasteiger partial charge in [0.1, 0.15) is 0 Å². The lowest BCUT2D eigenvalue weighted by Crippen LogP contribution is -2.28. The molecule has 118 valence electrons. The van der Waals surface area contributed by atoms with Crippen molar-refractivity contribution in [3.05, 3.63) is 59.7 Å². The molecule has 4 heteroatoms. The topological polar surface area (TPSA) is 49.4 Å². The molecule has 0 unspecified atom stereocenters. The third-order valence-corrected chi connectivity index (χ3v) is 4.18. The van der Waals surface area contributed by atoms with Crippen molar-refractivity contribution < 1.29 is 9.59 Å². The van der Waals surface area contributed by atoms with Crippen LogP contribution in [0.5, 0.6) is 0 Å². The van der Waals surface area contributed by atoms with Crippen LogP contribution in [0.1, 0.15) is 17.5 Å². The Labute approximate surface area is 136 Å². The molecule has 1 atom stereocenters. The van der Waals surface area contributed by atoms with Gasteiger partial charge in [-0.3, -0.25) is 9.59 Å². The SMILES string of the molecule is Cc1ccc(N2C[C@@H](C(=O)Nc3ccccc3)CC2=O)c(C)c1. The van der Waals surface area contributed by atoms with Gasteiger partial charge in [-0.25, -0.2) is 0 Å². The van der Waals surface area contributed by atoms with Crippen LogP contribution in [0, 0.1) is 19.8 Å². The largest absolute Gasteiger partial charge is 0.326 e. The first-order valence-electron chi connectivity index (χ1n) is 7.78. The lowest BCUT2D eigenvalue weighted by atomic mass is 10.1. The van der Waals surface area contributed by atoms with Gasteiger partial charge in [-0.15, -0.1) is 0 Å². The number of rotatable bonds is 3. The van der Waals surface area contributed by atoms with E-state index in [0.717, 1.165) is 22.5 Å². The quantitative estimate of drug-likeness (QED) is 0.946. The van der Waals surface area contributed by atoms with Crippen LogP contribution in [0.4, 0.5) is 11.4 Å². The van der Waals surface area contributed by atoms with E-state index in [1.807, 2.05) is 56.3 Å². The van der Waals surface area contributed by atoms with Gasteiger partial charge >= 0.3 is 0 Å². The lowest BCUT2D eigenvalue weighted by Gasteiger charge is -2.19. The van der Waals surface area contributed by atoms with Crippen LogP contribution < -0.4 is 10.2 Å². The molecule has 0 radical (unpaired) electrons. The molecule has 2 aromatic carbocycles. The zero-order valence-corrected chi connectivity index (χ0v) is 13.4. The predicted octanol–water partition coefficient (Wildman–Crippen LogP) is 3.30. The summed E-state index contributed by atoms with van der Waals surface area (Å²) in [5, 5.41) is 2.88. The predicted molar refractivity (Wildman–Crippen MR) is 91.4 cm³/mol. The number of anilines is 2. The van der Waals surface area contributed by atoms with Crippen LogP contribution in [0.3, 0.4) is 0 Å². The monoisotopic (exact) mass is 308 g/mol. The van der Waals surface area contributed by atoms with E-state index in [0.29, 0.717) is 6.54 Å². The highest BCUT2D eigenvalue weighted by Crippen LogP contribution is 2.29. The summed E-state index contributed by atoms with van der Waals surface area (Å²) < 4.78 is 0. The van der Waals surface area contributed by atoms with Gasteiger partial charge in [0.2, 0.25) is 11.8 Å². The summed E-state index contributed by atoms with van der Waals surface area (Å²) in [7, 11) is 0. The van der Waals surface area contributed by atoms with Crippen LogP contribution >= 0.6 is 0 Å². The van der Waals surface area contributed by atoms with Gasteiger partial charge in [-0.05, 0) is 37.6 Å². The first kappa shape index (κ1) is 15.3. The summed E-state index contributed by atoms with van der Waals surface area (Å²) >= 11 is 0. The van der Waals surface area contributed by atoms with Crippen molar-refractivity contribution in [2.45, 2.75) is 20.3 Å². The Morgan fingerprint density at radius 1 is 1.13 bits per heavy atom. The summed E-state index contributed by atoms with van der Waals surface area (Å²) in [6.45, 7) is 4.45. The molecule has 1 fully saturated rings. The van der Waals surface area contributed by atoms with Gasteiger partial charge in [0, 0.05) is 24.3 Å². The second-order valence-corrected chi connectivity index (χ2v) is 6.05. The van der Waals surface area contributed by atoms with Gasteiger partial charge in [0.25, 0.3) is 0 Å². The molecule has 1 heterocycles. The van der Waals surface area contributed by atoms with E-state index >= 15 is 0 Å². The molecule has 0 spiro atoms. The molecule has 1 N–H and O–H groups in total. The highest BCUT2D eigenvalue weighted by molar-refractivity contribution is 6.03. The van der Waals surface area contributed by atoms with Crippen molar-refractivity contribution in [3.63, 3.8) is 0 Å². The Morgan fingerprint density at radius 3 is 2.57 bits per heavy atom. The third kappa shape index (κ3) is 3.26. The molecule has 2 aromatic rings. The van der Waals surface area contributed by atoms with E-state index in [-0.39, 0.29) is 24.2 Å². The summed E-state index contributed by atoms with van der Waals surface area (Å²) in [5.74, 6) is -0.412. The maximum atomic E-state index is 12.4. The Balaban J connectivity index is 1.73. The highest BCUT2D eigenvalue weighted by Gasteiger charge is 2.35. The Bertz CT molecular complexity index is 740. The van der Waals surface area contributed by atoms with E-state index in [1.54, 1.807) is 4.90 Å². The fourth-order valence-corrected chi connectivity index (χ4v) is 2.99. The molecular weight excluding hydrogens is 288 g/mol. The van der Waals surface area contributed by atoms with E-state index in [1.165, 1.54) is 0 Å². The smallest absolute Gasteiger partial charge is 0.229 e. The molecule has 4 nitrogen and oxygen atoms in total. The van der Waals surface area contributed by atoms with Crippen LogP contribution in [-0.2, 0) is 9.59 Å². The summed E-state index contributed by atoms with van der Waals surface area (Å²) in [6.07, 6.45) is 0.256. The number of benzene rings is 2. The normalized spacial score (nSPS) is 17.4. The van der Waals surface area contributed by atoms with Crippen LogP contribution in [0.15, 0.2) is 48.5 Å². The van der Waals surface area contributed by atoms with Crippen molar-refractivity contribution in [3.8, 4) is 0 Å². The first-order chi connectivity index (χ1) is 11.0.